The Hall–Kier alpha value is -4.16. The van der Waals surface area contributed by atoms with Crippen molar-refractivity contribution in [3.8, 4) is 34.5 Å². The lowest BCUT2D eigenvalue weighted by atomic mass is 10.1. The molecule has 0 amide bonds. The highest BCUT2D eigenvalue weighted by Gasteiger charge is 2.37. The molecule has 0 spiro atoms. The van der Waals surface area contributed by atoms with Crippen molar-refractivity contribution in [3.05, 3.63) is 65.5 Å². The molecule has 0 saturated heterocycles. The number of aryl methyl sites for hydroxylation is 1. The molecule has 5 rings (SSSR count). The van der Waals surface area contributed by atoms with E-state index in [0.29, 0.717) is 46.4 Å². The number of hydrogen-bond donors (Lipinski definition) is 0. The number of nitrogens with zero attached hydrogens (tertiary/aromatic N) is 6. The number of hydrogen-bond acceptors (Lipinski definition) is 7. The second kappa shape index (κ2) is 11.0. The summed E-state index contributed by atoms with van der Waals surface area (Å²) in [5.74, 6) is -2.01. The molecule has 1 aliphatic rings. The highest BCUT2D eigenvalue weighted by atomic mass is 19.4. The number of imidazole rings is 1. The maximum Gasteiger partial charge on any atom is 0.434 e. The summed E-state index contributed by atoms with van der Waals surface area (Å²) in [7, 11) is 1.52. The van der Waals surface area contributed by atoms with Gasteiger partial charge in [0, 0.05) is 35.9 Å². The van der Waals surface area contributed by atoms with Crippen LogP contribution >= 0.6 is 0 Å². The lowest BCUT2D eigenvalue weighted by Crippen LogP contribution is -2.22. The molecule has 41 heavy (non-hydrogen) atoms. The van der Waals surface area contributed by atoms with Crippen LogP contribution in [0.1, 0.15) is 54.6 Å². The molecule has 4 aromatic rings. The standard InChI is InChI=1S/C28H27F5N6O2/c1-4-27(29,30)14-39-12-20(28(31,32)33)37-24(39)19-7-5-17(6-8-19)13-41-25-16(2)11-34-23(38-25)21-22(18-9-10-18)35-15-36-26(21)40-3/h5-8,11-12,15,18H,4,9-10,13-14H2,1-3H3. The Bertz CT molecular complexity index is 1530. The Balaban J connectivity index is 1.37. The average molecular weight is 575 g/mol. The van der Waals surface area contributed by atoms with E-state index in [2.05, 4.69) is 24.9 Å². The van der Waals surface area contributed by atoms with Gasteiger partial charge in [0.1, 0.15) is 24.3 Å². The van der Waals surface area contributed by atoms with E-state index in [4.69, 9.17) is 9.47 Å². The Morgan fingerprint density at radius 3 is 2.34 bits per heavy atom. The predicted octanol–water partition coefficient (Wildman–Crippen LogP) is 6.63. The minimum absolute atomic E-state index is 0.0889. The molecular weight excluding hydrogens is 547 g/mol. The second-order valence-corrected chi connectivity index (χ2v) is 9.87. The van der Waals surface area contributed by atoms with E-state index in [-0.39, 0.29) is 18.0 Å². The molecule has 0 bridgehead atoms. The van der Waals surface area contributed by atoms with Gasteiger partial charge in [-0.1, -0.05) is 31.2 Å². The third-order valence-corrected chi connectivity index (χ3v) is 6.72. The molecule has 3 aromatic heterocycles. The van der Waals surface area contributed by atoms with E-state index >= 15 is 0 Å². The number of ether oxygens (including phenoxy) is 2. The minimum atomic E-state index is -4.77. The molecule has 8 nitrogen and oxygen atoms in total. The number of aromatic nitrogens is 6. The first-order valence-corrected chi connectivity index (χ1v) is 13.0. The van der Waals surface area contributed by atoms with Crippen molar-refractivity contribution in [1.82, 2.24) is 29.5 Å². The summed E-state index contributed by atoms with van der Waals surface area (Å²) >= 11 is 0. The summed E-state index contributed by atoms with van der Waals surface area (Å²) in [4.78, 5) is 21.3. The van der Waals surface area contributed by atoms with Gasteiger partial charge in [0.25, 0.3) is 5.92 Å². The summed E-state index contributed by atoms with van der Waals surface area (Å²) in [5, 5.41) is 0. The van der Waals surface area contributed by atoms with Crippen LogP contribution in [-0.2, 0) is 19.3 Å². The van der Waals surface area contributed by atoms with Crippen molar-refractivity contribution < 1.29 is 31.4 Å². The third kappa shape index (κ3) is 6.28. The molecule has 1 fully saturated rings. The molecule has 1 saturated carbocycles. The number of rotatable bonds is 10. The highest BCUT2D eigenvalue weighted by molar-refractivity contribution is 5.66. The number of benzene rings is 1. The summed E-state index contributed by atoms with van der Waals surface area (Å²) in [6.45, 7) is 2.24. The first-order chi connectivity index (χ1) is 19.5. The number of methoxy groups -OCH3 is 1. The van der Waals surface area contributed by atoms with Crippen LogP contribution in [0, 0.1) is 6.92 Å². The van der Waals surface area contributed by atoms with Crippen molar-refractivity contribution in [3.63, 3.8) is 0 Å². The number of alkyl halides is 5. The molecule has 0 atom stereocenters. The summed E-state index contributed by atoms with van der Waals surface area (Å²) in [5.41, 5.74) is 1.85. The lowest BCUT2D eigenvalue weighted by Gasteiger charge is -2.16. The molecule has 1 aliphatic carbocycles. The molecular formula is C28H27F5N6O2. The average Bonchev–Trinajstić information content (AvgIpc) is 3.71. The molecule has 0 aliphatic heterocycles. The molecule has 3 heterocycles. The van der Waals surface area contributed by atoms with E-state index in [9.17, 15) is 22.0 Å². The van der Waals surface area contributed by atoms with Gasteiger partial charge in [0.15, 0.2) is 11.5 Å². The molecule has 0 unspecified atom stereocenters. The maximum absolute atomic E-state index is 14.1. The first-order valence-electron chi connectivity index (χ1n) is 13.0. The SMILES string of the molecule is CCC(F)(F)Cn1cc(C(F)(F)F)nc1-c1ccc(COc2nc(-c3c(OC)ncnc3C3CC3)ncc2C)cc1. The monoisotopic (exact) mass is 574 g/mol. The van der Waals surface area contributed by atoms with E-state index in [1.165, 1.54) is 32.5 Å². The molecule has 13 heteroatoms. The molecule has 1 aromatic carbocycles. The van der Waals surface area contributed by atoms with Crippen LogP contribution in [0.2, 0.25) is 0 Å². The zero-order valence-corrected chi connectivity index (χ0v) is 22.5. The predicted molar refractivity (Wildman–Crippen MR) is 139 cm³/mol. The van der Waals surface area contributed by atoms with Gasteiger partial charge in [-0.2, -0.15) is 18.2 Å². The fourth-order valence-corrected chi connectivity index (χ4v) is 4.27. The Kier molecular flexibility index (Phi) is 7.62. The summed E-state index contributed by atoms with van der Waals surface area (Å²) in [6.07, 6.45) is 0.448. The van der Waals surface area contributed by atoms with Crippen LogP contribution in [0.5, 0.6) is 11.8 Å². The van der Waals surface area contributed by atoms with E-state index < -0.39 is 30.8 Å². The van der Waals surface area contributed by atoms with Crippen LogP contribution in [0.3, 0.4) is 0 Å². The first kappa shape index (κ1) is 28.4. The van der Waals surface area contributed by atoms with Gasteiger partial charge in [0.2, 0.25) is 11.8 Å². The van der Waals surface area contributed by atoms with Crippen molar-refractivity contribution in [2.45, 2.75) is 64.3 Å². The van der Waals surface area contributed by atoms with Gasteiger partial charge in [-0.25, -0.2) is 28.7 Å². The van der Waals surface area contributed by atoms with Gasteiger partial charge in [-0.3, -0.25) is 0 Å². The van der Waals surface area contributed by atoms with Gasteiger partial charge in [-0.05, 0) is 25.3 Å². The van der Waals surface area contributed by atoms with Crippen LogP contribution in [0.25, 0.3) is 22.8 Å². The molecule has 0 radical (unpaired) electrons. The van der Waals surface area contributed by atoms with Crippen molar-refractivity contribution in [2.24, 2.45) is 0 Å². The lowest BCUT2D eigenvalue weighted by molar-refractivity contribution is -0.141. The zero-order valence-electron chi connectivity index (χ0n) is 22.5. The second-order valence-electron chi connectivity index (χ2n) is 9.87. The fraction of sp³-hybridized carbons (Fsp3) is 0.393. The van der Waals surface area contributed by atoms with Crippen molar-refractivity contribution >= 4 is 0 Å². The van der Waals surface area contributed by atoms with Crippen molar-refractivity contribution in [1.29, 1.82) is 0 Å². The third-order valence-electron chi connectivity index (χ3n) is 6.72. The molecule has 216 valence electrons. The molecule has 0 N–H and O–H groups in total. The van der Waals surface area contributed by atoms with Gasteiger partial charge >= 0.3 is 6.18 Å². The Morgan fingerprint density at radius 2 is 1.71 bits per heavy atom. The number of halogens is 5. The Labute approximate surface area is 232 Å². The van der Waals surface area contributed by atoms with E-state index in [0.717, 1.165) is 23.1 Å². The van der Waals surface area contributed by atoms with E-state index in [1.54, 1.807) is 25.3 Å². The van der Waals surface area contributed by atoms with Gasteiger partial charge in [0.05, 0.1) is 19.3 Å². The van der Waals surface area contributed by atoms with Crippen LogP contribution in [0.4, 0.5) is 22.0 Å². The normalized spacial score (nSPS) is 13.9. The van der Waals surface area contributed by atoms with Gasteiger partial charge in [-0.15, -0.1) is 0 Å². The van der Waals surface area contributed by atoms with Crippen LogP contribution in [-0.4, -0.2) is 42.5 Å². The quantitative estimate of drug-likeness (QED) is 0.196. The van der Waals surface area contributed by atoms with E-state index in [1.807, 2.05) is 0 Å². The van der Waals surface area contributed by atoms with Gasteiger partial charge < -0.3 is 14.0 Å². The minimum Gasteiger partial charge on any atom is -0.480 e. The maximum atomic E-state index is 14.1. The van der Waals surface area contributed by atoms with Crippen molar-refractivity contribution in [2.75, 3.05) is 7.11 Å². The highest BCUT2D eigenvalue weighted by Crippen LogP contribution is 2.45. The van der Waals surface area contributed by atoms with Crippen LogP contribution < -0.4 is 9.47 Å². The smallest absolute Gasteiger partial charge is 0.434 e. The zero-order chi connectivity index (χ0) is 29.4. The largest absolute Gasteiger partial charge is 0.480 e. The fourth-order valence-electron chi connectivity index (χ4n) is 4.27. The summed E-state index contributed by atoms with van der Waals surface area (Å²) < 4.78 is 80.3. The topological polar surface area (TPSA) is 87.8 Å². The van der Waals surface area contributed by atoms with Crippen LogP contribution in [0.15, 0.2) is 43.0 Å². The summed E-state index contributed by atoms with van der Waals surface area (Å²) in [6, 6.07) is 6.31. The Morgan fingerprint density at radius 1 is 0.976 bits per heavy atom.